The molecule has 1 aromatic carbocycles. The largest absolute Gasteiger partial charge is 0.323 e. The lowest BCUT2D eigenvalue weighted by Crippen LogP contribution is -2.10. The number of nitrogens with zero attached hydrogens (tertiary/aromatic N) is 1. The molecule has 0 unspecified atom stereocenters. The number of aromatic nitrogens is 1. The minimum Gasteiger partial charge on any atom is -0.323 e. The van der Waals surface area contributed by atoms with Crippen molar-refractivity contribution in [3.05, 3.63) is 35.0 Å². The Balaban J connectivity index is 2.40. The third-order valence-corrected chi connectivity index (χ3v) is 3.31. The molecule has 0 aliphatic heterocycles. The molecular formula is C13H15N3. The van der Waals surface area contributed by atoms with E-state index in [2.05, 4.69) is 30.5 Å². The van der Waals surface area contributed by atoms with Gasteiger partial charge in [-0.15, -0.1) is 0 Å². The number of pyridine rings is 1. The molecule has 1 aromatic heterocycles. The van der Waals surface area contributed by atoms with Gasteiger partial charge in [-0.25, -0.2) is 0 Å². The Morgan fingerprint density at radius 1 is 1.31 bits per heavy atom. The van der Waals surface area contributed by atoms with E-state index in [1.54, 1.807) is 0 Å². The van der Waals surface area contributed by atoms with E-state index < -0.39 is 0 Å². The van der Waals surface area contributed by atoms with E-state index in [0.717, 1.165) is 29.4 Å². The van der Waals surface area contributed by atoms with Gasteiger partial charge >= 0.3 is 0 Å². The second-order valence-electron chi connectivity index (χ2n) is 4.43. The molecule has 0 saturated heterocycles. The predicted molar refractivity (Wildman–Crippen MR) is 66.3 cm³/mol. The molecular weight excluding hydrogens is 198 g/mol. The highest BCUT2D eigenvalue weighted by Gasteiger charge is 2.18. The van der Waals surface area contributed by atoms with Gasteiger partial charge in [0.25, 0.3) is 0 Å². The van der Waals surface area contributed by atoms with Crippen molar-refractivity contribution >= 4 is 16.6 Å². The highest BCUT2D eigenvalue weighted by Crippen LogP contribution is 2.33. The number of aryl methyl sites for hydroxylation is 2. The lowest BCUT2D eigenvalue weighted by Gasteiger charge is -2.11. The summed E-state index contributed by atoms with van der Waals surface area (Å²) in [7, 11) is 0. The summed E-state index contributed by atoms with van der Waals surface area (Å²) in [5.74, 6) is 5.66. The molecule has 3 rings (SSSR count). The zero-order valence-electron chi connectivity index (χ0n) is 9.38. The molecule has 0 atom stereocenters. The van der Waals surface area contributed by atoms with Crippen molar-refractivity contribution in [1.29, 1.82) is 0 Å². The summed E-state index contributed by atoms with van der Waals surface area (Å²) in [6.07, 6.45) is 3.35. The highest BCUT2D eigenvalue weighted by atomic mass is 15.2. The van der Waals surface area contributed by atoms with E-state index in [0.29, 0.717) is 0 Å². The number of anilines is 1. The lowest BCUT2D eigenvalue weighted by molar-refractivity contribution is 0.901. The van der Waals surface area contributed by atoms with Crippen LogP contribution in [-0.2, 0) is 12.8 Å². The van der Waals surface area contributed by atoms with Gasteiger partial charge < -0.3 is 5.43 Å². The van der Waals surface area contributed by atoms with Gasteiger partial charge in [0.2, 0.25) is 0 Å². The summed E-state index contributed by atoms with van der Waals surface area (Å²) in [6.45, 7) is 2.09. The number of hydrogen-bond acceptors (Lipinski definition) is 3. The molecule has 1 heterocycles. The molecule has 1 aliphatic carbocycles. The first-order valence-corrected chi connectivity index (χ1v) is 5.68. The van der Waals surface area contributed by atoms with Crippen molar-refractivity contribution in [2.45, 2.75) is 26.2 Å². The number of nitrogens with one attached hydrogen (secondary N) is 1. The molecule has 1 aliphatic rings. The third-order valence-electron chi connectivity index (χ3n) is 3.31. The molecule has 0 radical (unpaired) electrons. The number of benzene rings is 1. The van der Waals surface area contributed by atoms with Gasteiger partial charge in [-0.1, -0.05) is 11.6 Å². The van der Waals surface area contributed by atoms with Gasteiger partial charge in [0, 0.05) is 11.1 Å². The van der Waals surface area contributed by atoms with Crippen LogP contribution < -0.4 is 11.3 Å². The average molecular weight is 213 g/mol. The van der Waals surface area contributed by atoms with Gasteiger partial charge in [-0.3, -0.25) is 10.8 Å². The van der Waals surface area contributed by atoms with E-state index in [1.807, 2.05) is 0 Å². The van der Waals surface area contributed by atoms with Gasteiger partial charge in [0.1, 0.15) is 0 Å². The summed E-state index contributed by atoms with van der Waals surface area (Å²) < 4.78 is 0. The topological polar surface area (TPSA) is 50.9 Å². The molecule has 3 heteroatoms. The fourth-order valence-corrected chi connectivity index (χ4v) is 2.54. The quantitative estimate of drug-likeness (QED) is 0.564. The summed E-state index contributed by atoms with van der Waals surface area (Å²) >= 11 is 0. The number of hydrazine groups is 1. The molecule has 0 amide bonds. The molecule has 3 N–H and O–H groups in total. The van der Waals surface area contributed by atoms with E-state index in [4.69, 9.17) is 10.8 Å². The number of fused-ring (bicyclic) bond motifs is 2. The number of nitrogens with two attached hydrogens (primary N) is 1. The van der Waals surface area contributed by atoms with E-state index in [-0.39, 0.29) is 0 Å². The summed E-state index contributed by atoms with van der Waals surface area (Å²) in [4.78, 5) is 4.71. The van der Waals surface area contributed by atoms with Crippen LogP contribution in [0, 0.1) is 6.92 Å². The van der Waals surface area contributed by atoms with Gasteiger partial charge in [-0.05, 0) is 43.9 Å². The maximum atomic E-state index is 5.66. The fraction of sp³-hybridized carbons (Fsp3) is 0.308. The highest BCUT2D eigenvalue weighted by molar-refractivity contribution is 5.94. The SMILES string of the molecule is Cc1ccc2nc3c(c(NN)c2c1)CCC3. The maximum absolute atomic E-state index is 5.66. The molecule has 2 aromatic rings. The van der Waals surface area contributed by atoms with Crippen LogP contribution >= 0.6 is 0 Å². The standard InChI is InChI=1S/C13H15N3/c1-8-5-6-12-10(7-8)13(16-14)9-3-2-4-11(9)15-12/h5-7H,2-4,14H2,1H3,(H,15,16). The first-order valence-electron chi connectivity index (χ1n) is 5.68. The van der Waals surface area contributed by atoms with E-state index in [1.165, 1.54) is 23.2 Å². The average Bonchev–Trinajstić information content (AvgIpc) is 2.73. The van der Waals surface area contributed by atoms with Gasteiger partial charge in [0.15, 0.2) is 0 Å². The Hall–Kier alpha value is -1.61. The van der Waals surface area contributed by atoms with Gasteiger partial charge in [-0.2, -0.15) is 0 Å². The molecule has 0 bridgehead atoms. The number of nitrogen functional groups attached to an aromatic ring is 1. The maximum Gasteiger partial charge on any atom is 0.0726 e. The predicted octanol–water partition coefficient (Wildman–Crippen LogP) is 2.32. The van der Waals surface area contributed by atoms with Crippen LogP contribution in [0.2, 0.25) is 0 Å². The van der Waals surface area contributed by atoms with Crippen molar-refractivity contribution in [1.82, 2.24) is 4.98 Å². The zero-order chi connectivity index (χ0) is 11.1. The van der Waals surface area contributed by atoms with E-state index in [9.17, 15) is 0 Å². The molecule has 3 nitrogen and oxygen atoms in total. The van der Waals surface area contributed by atoms with Crippen LogP contribution in [0.25, 0.3) is 10.9 Å². The second-order valence-corrected chi connectivity index (χ2v) is 4.43. The van der Waals surface area contributed by atoms with Crippen LogP contribution in [0.5, 0.6) is 0 Å². The Morgan fingerprint density at radius 3 is 3.00 bits per heavy atom. The molecule has 0 fully saturated rings. The smallest absolute Gasteiger partial charge is 0.0726 e. The first-order chi connectivity index (χ1) is 7.79. The summed E-state index contributed by atoms with van der Waals surface area (Å²) in [5.41, 5.74) is 8.73. The van der Waals surface area contributed by atoms with Crippen LogP contribution in [-0.4, -0.2) is 4.98 Å². The van der Waals surface area contributed by atoms with Crippen molar-refractivity contribution in [3.63, 3.8) is 0 Å². The second kappa shape index (κ2) is 3.46. The minimum atomic E-state index is 1.04. The monoisotopic (exact) mass is 213 g/mol. The van der Waals surface area contributed by atoms with Crippen molar-refractivity contribution in [3.8, 4) is 0 Å². The van der Waals surface area contributed by atoms with Crippen molar-refractivity contribution in [2.24, 2.45) is 5.84 Å². The van der Waals surface area contributed by atoms with E-state index >= 15 is 0 Å². The fourth-order valence-electron chi connectivity index (χ4n) is 2.54. The minimum absolute atomic E-state index is 1.04. The Labute approximate surface area is 94.6 Å². The van der Waals surface area contributed by atoms with Crippen molar-refractivity contribution in [2.75, 3.05) is 5.43 Å². The molecule has 16 heavy (non-hydrogen) atoms. The Kier molecular flexibility index (Phi) is 2.07. The van der Waals surface area contributed by atoms with Crippen LogP contribution in [0.1, 0.15) is 23.2 Å². The van der Waals surface area contributed by atoms with Gasteiger partial charge in [0.05, 0.1) is 11.2 Å². The first kappa shape index (κ1) is 9.60. The van der Waals surface area contributed by atoms with Crippen molar-refractivity contribution < 1.29 is 0 Å². The summed E-state index contributed by atoms with van der Waals surface area (Å²) in [5, 5.41) is 1.14. The number of rotatable bonds is 1. The normalized spacial score (nSPS) is 14.1. The Bertz CT molecular complexity index is 561. The van der Waals surface area contributed by atoms with Crippen LogP contribution in [0.15, 0.2) is 18.2 Å². The lowest BCUT2D eigenvalue weighted by atomic mass is 10.1. The summed E-state index contributed by atoms with van der Waals surface area (Å²) in [6, 6.07) is 6.32. The number of hydrogen-bond donors (Lipinski definition) is 2. The molecule has 0 saturated carbocycles. The van der Waals surface area contributed by atoms with Crippen LogP contribution in [0.3, 0.4) is 0 Å². The third kappa shape index (κ3) is 1.28. The molecule has 0 spiro atoms. The Morgan fingerprint density at radius 2 is 2.19 bits per heavy atom. The zero-order valence-corrected chi connectivity index (χ0v) is 9.38. The molecule has 82 valence electrons. The van der Waals surface area contributed by atoms with Crippen LogP contribution in [0.4, 0.5) is 5.69 Å².